The SMILES string of the molecule is COc1cccc(NC(=O)C(=O)NCC[C@H]2CCCCN2S(=O)(=O)c2cccs2)c1. The van der Waals surface area contributed by atoms with Gasteiger partial charge in [0.2, 0.25) is 0 Å². The normalized spacial score (nSPS) is 17.3. The zero-order valence-corrected chi connectivity index (χ0v) is 18.3. The van der Waals surface area contributed by atoms with Crippen LogP contribution < -0.4 is 15.4 Å². The highest BCUT2D eigenvalue weighted by atomic mass is 32.2. The molecular weight excluding hydrogens is 426 g/mol. The van der Waals surface area contributed by atoms with Crippen LogP contribution in [0, 0.1) is 0 Å². The van der Waals surface area contributed by atoms with E-state index in [4.69, 9.17) is 4.74 Å². The molecule has 2 heterocycles. The third-order valence-corrected chi connectivity index (χ3v) is 8.25. The van der Waals surface area contributed by atoms with Crippen molar-refractivity contribution in [1.29, 1.82) is 0 Å². The Morgan fingerprint density at radius 1 is 1.20 bits per heavy atom. The molecule has 1 fully saturated rings. The molecule has 0 spiro atoms. The number of ether oxygens (including phenoxy) is 1. The lowest BCUT2D eigenvalue weighted by Crippen LogP contribution is -2.45. The van der Waals surface area contributed by atoms with Gasteiger partial charge in [0, 0.05) is 30.9 Å². The van der Waals surface area contributed by atoms with Gasteiger partial charge in [0.1, 0.15) is 9.96 Å². The summed E-state index contributed by atoms with van der Waals surface area (Å²) in [4.78, 5) is 24.2. The summed E-state index contributed by atoms with van der Waals surface area (Å²) in [7, 11) is -2.02. The Morgan fingerprint density at radius 3 is 2.77 bits per heavy atom. The monoisotopic (exact) mass is 451 g/mol. The van der Waals surface area contributed by atoms with Crippen molar-refractivity contribution < 1.29 is 22.7 Å². The van der Waals surface area contributed by atoms with E-state index in [0.717, 1.165) is 19.3 Å². The highest BCUT2D eigenvalue weighted by molar-refractivity contribution is 7.91. The van der Waals surface area contributed by atoms with Gasteiger partial charge in [-0.25, -0.2) is 8.42 Å². The third kappa shape index (κ3) is 5.38. The van der Waals surface area contributed by atoms with Crippen LogP contribution in [0.3, 0.4) is 0 Å². The molecule has 1 aliphatic rings. The van der Waals surface area contributed by atoms with Crippen LogP contribution in [0.15, 0.2) is 46.0 Å². The van der Waals surface area contributed by atoms with Gasteiger partial charge in [-0.3, -0.25) is 9.59 Å². The van der Waals surface area contributed by atoms with Crippen molar-refractivity contribution in [2.45, 2.75) is 35.9 Å². The Balaban J connectivity index is 1.53. The zero-order chi connectivity index (χ0) is 21.6. The molecule has 2 aromatic rings. The first kappa shape index (κ1) is 22.3. The van der Waals surface area contributed by atoms with Gasteiger partial charge in [-0.15, -0.1) is 11.3 Å². The maximum Gasteiger partial charge on any atom is 0.313 e. The second-order valence-electron chi connectivity index (χ2n) is 6.93. The molecule has 1 aromatic carbocycles. The van der Waals surface area contributed by atoms with E-state index < -0.39 is 21.8 Å². The number of nitrogens with one attached hydrogen (secondary N) is 2. The first-order valence-corrected chi connectivity index (χ1v) is 12.0. The fraction of sp³-hybridized carbons (Fsp3) is 0.400. The number of hydrogen-bond acceptors (Lipinski definition) is 6. The molecule has 2 N–H and O–H groups in total. The topological polar surface area (TPSA) is 105 Å². The predicted molar refractivity (Wildman–Crippen MR) is 115 cm³/mol. The van der Waals surface area contributed by atoms with Gasteiger partial charge in [0.15, 0.2) is 0 Å². The summed E-state index contributed by atoms with van der Waals surface area (Å²) < 4.78 is 32.7. The Hall–Kier alpha value is -2.43. The molecule has 8 nitrogen and oxygen atoms in total. The maximum absolute atomic E-state index is 12.9. The minimum absolute atomic E-state index is 0.201. The molecule has 0 saturated carbocycles. The van der Waals surface area contributed by atoms with Crippen LogP contribution in [0.4, 0.5) is 5.69 Å². The summed E-state index contributed by atoms with van der Waals surface area (Å²) in [6.07, 6.45) is 2.93. The van der Waals surface area contributed by atoms with Gasteiger partial charge >= 0.3 is 11.8 Å². The molecule has 30 heavy (non-hydrogen) atoms. The van der Waals surface area contributed by atoms with E-state index in [9.17, 15) is 18.0 Å². The first-order valence-electron chi connectivity index (χ1n) is 9.70. The quantitative estimate of drug-likeness (QED) is 0.629. The number of anilines is 1. The summed E-state index contributed by atoms with van der Waals surface area (Å²) in [5.74, 6) is -0.978. The van der Waals surface area contributed by atoms with Crippen molar-refractivity contribution in [2.75, 3.05) is 25.5 Å². The first-order chi connectivity index (χ1) is 14.4. The van der Waals surface area contributed by atoms with Gasteiger partial charge in [0.25, 0.3) is 10.0 Å². The highest BCUT2D eigenvalue weighted by Crippen LogP contribution is 2.29. The van der Waals surface area contributed by atoms with Gasteiger partial charge in [-0.05, 0) is 42.8 Å². The lowest BCUT2D eigenvalue weighted by molar-refractivity contribution is -0.136. The minimum Gasteiger partial charge on any atom is -0.497 e. The lowest BCUT2D eigenvalue weighted by atomic mass is 10.0. The molecule has 0 unspecified atom stereocenters. The zero-order valence-electron chi connectivity index (χ0n) is 16.7. The average molecular weight is 452 g/mol. The number of piperidine rings is 1. The number of amides is 2. The molecule has 0 aliphatic carbocycles. The second kappa shape index (κ2) is 10.1. The van der Waals surface area contributed by atoms with Gasteiger partial charge in [0.05, 0.1) is 7.11 Å². The van der Waals surface area contributed by atoms with Gasteiger partial charge in [-0.2, -0.15) is 4.31 Å². The van der Waals surface area contributed by atoms with Crippen molar-refractivity contribution in [3.8, 4) is 5.75 Å². The van der Waals surface area contributed by atoms with Crippen LogP contribution >= 0.6 is 11.3 Å². The fourth-order valence-electron chi connectivity index (χ4n) is 3.43. The number of thiophene rings is 1. The largest absolute Gasteiger partial charge is 0.497 e. The van der Waals surface area contributed by atoms with E-state index in [1.807, 2.05) is 0 Å². The van der Waals surface area contributed by atoms with E-state index in [1.165, 1.54) is 22.8 Å². The number of benzene rings is 1. The van der Waals surface area contributed by atoms with Crippen LogP contribution in [0.25, 0.3) is 0 Å². The van der Waals surface area contributed by atoms with Crippen molar-refractivity contribution >= 4 is 38.9 Å². The molecule has 1 aromatic heterocycles. The highest BCUT2D eigenvalue weighted by Gasteiger charge is 2.33. The molecule has 0 bridgehead atoms. The minimum atomic E-state index is -3.53. The van der Waals surface area contributed by atoms with Crippen LogP contribution in [0.2, 0.25) is 0 Å². The standard InChI is InChI=1S/C20H25N3O5S2/c1-28-17-8-4-6-15(14-17)22-20(25)19(24)21-11-10-16-7-2-3-12-23(16)30(26,27)18-9-5-13-29-18/h4-6,8-9,13-14,16H,2-3,7,10-12H2,1H3,(H,21,24)(H,22,25)/t16-/m1/s1. The Morgan fingerprint density at radius 2 is 2.03 bits per heavy atom. The molecule has 1 atom stereocenters. The summed E-state index contributed by atoms with van der Waals surface area (Å²) in [5, 5.41) is 6.85. The number of sulfonamides is 1. The van der Waals surface area contributed by atoms with Crippen molar-refractivity contribution in [3.63, 3.8) is 0 Å². The Labute approximate surface area is 180 Å². The smallest absolute Gasteiger partial charge is 0.313 e. The van der Waals surface area contributed by atoms with Crippen LogP contribution in [0.1, 0.15) is 25.7 Å². The second-order valence-corrected chi connectivity index (χ2v) is 9.99. The summed E-state index contributed by atoms with van der Waals surface area (Å²) in [6, 6.07) is 9.83. The van der Waals surface area contributed by atoms with E-state index in [2.05, 4.69) is 10.6 Å². The summed E-state index contributed by atoms with van der Waals surface area (Å²) in [5.41, 5.74) is 0.454. The van der Waals surface area contributed by atoms with Crippen LogP contribution in [-0.4, -0.2) is 50.8 Å². The molecule has 1 aliphatic heterocycles. The number of methoxy groups -OCH3 is 1. The van der Waals surface area contributed by atoms with Crippen molar-refractivity contribution in [2.24, 2.45) is 0 Å². The van der Waals surface area contributed by atoms with Crippen molar-refractivity contribution in [1.82, 2.24) is 9.62 Å². The van der Waals surface area contributed by atoms with E-state index >= 15 is 0 Å². The number of nitrogens with zero attached hydrogens (tertiary/aromatic N) is 1. The van der Waals surface area contributed by atoms with Crippen LogP contribution in [-0.2, 0) is 19.6 Å². The molecular formula is C20H25N3O5S2. The average Bonchev–Trinajstić information content (AvgIpc) is 3.30. The number of carbonyl (C=O) groups is 2. The van der Waals surface area contributed by atoms with Gasteiger partial charge in [-0.1, -0.05) is 18.6 Å². The Bertz CT molecular complexity index is 976. The number of hydrogen-bond donors (Lipinski definition) is 2. The molecule has 3 rings (SSSR count). The molecule has 2 amide bonds. The van der Waals surface area contributed by atoms with Crippen molar-refractivity contribution in [3.05, 3.63) is 41.8 Å². The predicted octanol–water partition coefficient (Wildman–Crippen LogP) is 2.44. The molecule has 162 valence electrons. The fourth-order valence-corrected chi connectivity index (χ4v) is 6.27. The molecule has 1 saturated heterocycles. The third-order valence-electron chi connectivity index (χ3n) is 4.93. The lowest BCUT2D eigenvalue weighted by Gasteiger charge is -2.34. The molecule has 0 radical (unpaired) electrons. The van der Waals surface area contributed by atoms with E-state index in [-0.39, 0.29) is 12.6 Å². The molecule has 10 heteroatoms. The van der Waals surface area contributed by atoms with E-state index in [0.29, 0.717) is 28.6 Å². The van der Waals surface area contributed by atoms with Gasteiger partial charge < -0.3 is 15.4 Å². The van der Waals surface area contributed by atoms with Crippen LogP contribution in [0.5, 0.6) is 5.75 Å². The number of rotatable bonds is 7. The number of carbonyl (C=O) groups excluding carboxylic acids is 2. The maximum atomic E-state index is 12.9. The van der Waals surface area contributed by atoms with E-state index in [1.54, 1.807) is 41.8 Å². The summed E-state index contributed by atoms with van der Waals surface area (Å²) in [6.45, 7) is 0.681. The Kier molecular flexibility index (Phi) is 7.46. The summed E-state index contributed by atoms with van der Waals surface area (Å²) >= 11 is 1.20.